The van der Waals surface area contributed by atoms with Crippen LogP contribution in [0.15, 0.2) is 0 Å². The van der Waals surface area contributed by atoms with Gasteiger partial charge >= 0.3 is 0 Å². The van der Waals surface area contributed by atoms with Crippen LogP contribution in [0.3, 0.4) is 0 Å². The maximum absolute atomic E-state index is 3.62. The zero-order valence-corrected chi connectivity index (χ0v) is 8.48. The van der Waals surface area contributed by atoms with Gasteiger partial charge in [-0.15, -0.1) is 0 Å². The summed E-state index contributed by atoms with van der Waals surface area (Å²) >= 11 is 6.17. The molecule has 0 heterocycles. The minimum atomic E-state index is 0.818. The van der Waals surface area contributed by atoms with Crippen molar-refractivity contribution >= 4 is 38.5 Å². The van der Waals surface area contributed by atoms with E-state index in [1.54, 1.807) is 0 Å². The van der Waals surface area contributed by atoms with Crippen molar-refractivity contribution in [3.63, 3.8) is 0 Å². The normalized spacial score (nSPS) is 39.8. The SMILES string of the molecule is BrC1CCCC(I)C1. The van der Waals surface area contributed by atoms with Gasteiger partial charge < -0.3 is 0 Å². The lowest BCUT2D eigenvalue weighted by Crippen LogP contribution is -2.13. The van der Waals surface area contributed by atoms with Gasteiger partial charge in [-0.1, -0.05) is 44.9 Å². The molecule has 8 heavy (non-hydrogen) atoms. The Kier molecular flexibility index (Phi) is 3.11. The summed E-state index contributed by atoms with van der Waals surface area (Å²) in [5, 5.41) is 0. The quantitative estimate of drug-likeness (QED) is 0.475. The molecule has 0 bridgehead atoms. The molecule has 0 N–H and O–H groups in total. The number of hydrogen-bond donors (Lipinski definition) is 0. The third kappa shape index (κ3) is 2.21. The maximum Gasteiger partial charge on any atom is 0.0155 e. The largest absolute Gasteiger partial charge is 0.0890 e. The average molecular weight is 289 g/mol. The van der Waals surface area contributed by atoms with Crippen LogP contribution in [0.25, 0.3) is 0 Å². The molecular weight excluding hydrogens is 279 g/mol. The number of alkyl halides is 2. The van der Waals surface area contributed by atoms with E-state index in [2.05, 4.69) is 38.5 Å². The third-order valence-electron chi connectivity index (χ3n) is 1.55. The van der Waals surface area contributed by atoms with Crippen LogP contribution in [0, 0.1) is 0 Å². The van der Waals surface area contributed by atoms with Crippen molar-refractivity contribution in [1.29, 1.82) is 0 Å². The Hall–Kier alpha value is 1.21. The lowest BCUT2D eigenvalue weighted by atomic mass is 10.0. The number of rotatable bonds is 0. The Morgan fingerprint density at radius 1 is 1.38 bits per heavy atom. The molecule has 1 saturated carbocycles. The lowest BCUT2D eigenvalue weighted by Gasteiger charge is -2.20. The Morgan fingerprint density at radius 3 is 2.50 bits per heavy atom. The van der Waals surface area contributed by atoms with E-state index in [4.69, 9.17) is 0 Å². The molecule has 0 aromatic rings. The molecular formula is C6H10BrI. The van der Waals surface area contributed by atoms with Crippen LogP contribution < -0.4 is 0 Å². The van der Waals surface area contributed by atoms with Crippen LogP contribution in [0.2, 0.25) is 0 Å². The molecule has 0 amide bonds. The molecule has 0 aromatic heterocycles. The van der Waals surface area contributed by atoms with Gasteiger partial charge in [-0.2, -0.15) is 0 Å². The van der Waals surface area contributed by atoms with E-state index < -0.39 is 0 Å². The second-order valence-corrected chi connectivity index (χ2v) is 5.42. The number of halogens is 2. The molecule has 1 aliphatic rings. The van der Waals surface area contributed by atoms with Crippen molar-refractivity contribution in [2.75, 3.05) is 0 Å². The van der Waals surface area contributed by atoms with Gasteiger partial charge in [0.1, 0.15) is 0 Å². The zero-order chi connectivity index (χ0) is 5.98. The van der Waals surface area contributed by atoms with Gasteiger partial charge in [-0.25, -0.2) is 0 Å². The predicted molar refractivity (Wildman–Crippen MR) is 49.0 cm³/mol. The molecule has 2 atom stereocenters. The first-order valence-corrected chi connectivity index (χ1v) is 5.23. The van der Waals surface area contributed by atoms with Crippen LogP contribution in [-0.2, 0) is 0 Å². The molecule has 0 nitrogen and oxygen atoms in total. The van der Waals surface area contributed by atoms with Crippen molar-refractivity contribution in [3.8, 4) is 0 Å². The first-order chi connectivity index (χ1) is 3.79. The van der Waals surface area contributed by atoms with E-state index in [-0.39, 0.29) is 0 Å². The van der Waals surface area contributed by atoms with Crippen LogP contribution in [0.1, 0.15) is 25.7 Å². The second-order valence-electron chi connectivity index (χ2n) is 2.36. The van der Waals surface area contributed by atoms with E-state index >= 15 is 0 Å². The van der Waals surface area contributed by atoms with E-state index in [1.807, 2.05) is 0 Å². The van der Waals surface area contributed by atoms with E-state index in [9.17, 15) is 0 Å². The smallest absolute Gasteiger partial charge is 0.0155 e. The molecule has 0 spiro atoms. The minimum Gasteiger partial charge on any atom is -0.0890 e. The molecule has 48 valence electrons. The molecule has 0 saturated heterocycles. The van der Waals surface area contributed by atoms with E-state index in [0.717, 1.165) is 8.75 Å². The second kappa shape index (κ2) is 3.40. The minimum absolute atomic E-state index is 0.818. The number of hydrogen-bond acceptors (Lipinski definition) is 0. The summed E-state index contributed by atoms with van der Waals surface area (Å²) in [6.07, 6.45) is 5.62. The molecule has 2 heteroatoms. The Morgan fingerprint density at radius 2 is 2.12 bits per heavy atom. The molecule has 0 radical (unpaired) electrons. The fraction of sp³-hybridized carbons (Fsp3) is 1.00. The van der Waals surface area contributed by atoms with E-state index in [1.165, 1.54) is 25.7 Å². The van der Waals surface area contributed by atoms with Crippen LogP contribution >= 0.6 is 38.5 Å². The lowest BCUT2D eigenvalue weighted by molar-refractivity contribution is 0.546. The molecule has 1 fully saturated rings. The molecule has 1 rings (SSSR count). The van der Waals surface area contributed by atoms with Crippen LogP contribution in [0.5, 0.6) is 0 Å². The summed E-state index contributed by atoms with van der Waals surface area (Å²) in [5.41, 5.74) is 0. The van der Waals surface area contributed by atoms with E-state index in [0.29, 0.717) is 0 Å². The first-order valence-electron chi connectivity index (χ1n) is 3.07. The third-order valence-corrected chi connectivity index (χ3v) is 3.51. The van der Waals surface area contributed by atoms with Gasteiger partial charge in [0.05, 0.1) is 0 Å². The maximum atomic E-state index is 3.62. The van der Waals surface area contributed by atoms with Crippen molar-refractivity contribution in [1.82, 2.24) is 0 Å². The van der Waals surface area contributed by atoms with Crippen molar-refractivity contribution in [2.24, 2.45) is 0 Å². The predicted octanol–water partition coefficient (Wildman–Crippen LogP) is 3.13. The fourth-order valence-corrected chi connectivity index (χ4v) is 3.60. The Balaban J connectivity index is 2.23. The highest BCUT2D eigenvalue weighted by Crippen LogP contribution is 2.28. The highest BCUT2D eigenvalue weighted by Gasteiger charge is 2.16. The highest BCUT2D eigenvalue weighted by atomic mass is 127. The first kappa shape index (κ1) is 7.32. The standard InChI is InChI=1S/C6H10BrI/c7-5-2-1-3-6(8)4-5/h5-6H,1-4H2. The molecule has 0 aromatic carbocycles. The summed E-state index contributed by atoms with van der Waals surface area (Å²) in [4.78, 5) is 0.818. The van der Waals surface area contributed by atoms with Crippen molar-refractivity contribution in [2.45, 2.75) is 34.4 Å². The van der Waals surface area contributed by atoms with Gasteiger partial charge in [-0.05, 0) is 19.3 Å². The van der Waals surface area contributed by atoms with Gasteiger partial charge in [0, 0.05) is 8.75 Å². The van der Waals surface area contributed by atoms with Crippen LogP contribution in [-0.4, -0.2) is 8.75 Å². The molecule has 2 unspecified atom stereocenters. The van der Waals surface area contributed by atoms with Crippen LogP contribution in [0.4, 0.5) is 0 Å². The zero-order valence-electron chi connectivity index (χ0n) is 4.74. The summed E-state index contributed by atoms with van der Waals surface area (Å²) in [6.45, 7) is 0. The van der Waals surface area contributed by atoms with Gasteiger partial charge in [-0.3, -0.25) is 0 Å². The van der Waals surface area contributed by atoms with Crippen molar-refractivity contribution in [3.05, 3.63) is 0 Å². The average Bonchev–Trinajstić information content (AvgIpc) is 1.64. The molecule has 1 aliphatic carbocycles. The van der Waals surface area contributed by atoms with Gasteiger partial charge in [0.2, 0.25) is 0 Å². The fourth-order valence-electron chi connectivity index (χ4n) is 1.07. The summed E-state index contributed by atoms with van der Waals surface area (Å²) in [5.74, 6) is 0. The summed E-state index contributed by atoms with van der Waals surface area (Å²) in [7, 11) is 0. The monoisotopic (exact) mass is 288 g/mol. The topological polar surface area (TPSA) is 0 Å². The van der Waals surface area contributed by atoms with Gasteiger partial charge in [0.15, 0.2) is 0 Å². The Bertz CT molecular complexity index is 66.9. The van der Waals surface area contributed by atoms with Gasteiger partial charge in [0.25, 0.3) is 0 Å². The summed E-state index contributed by atoms with van der Waals surface area (Å²) < 4.78 is 0.936. The summed E-state index contributed by atoms with van der Waals surface area (Å²) in [6, 6.07) is 0. The van der Waals surface area contributed by atoms with Crippen molar-refractivity contribution < 1.29 is 0 Å². The highest BCUT2D eigenvalue weighted by molar-refractivity contribution is 14.1. The Labute approximate surface area is 72.7 Å². The molecule has 0 aliphatic heterocycles.